The van der Waals surface area contributed by atoms with E-state index in [4.69, 9.17) is 0 Å². The monoisotopic (exact) mass is 441 g/mol. The van der Waals surface area contributed by atoms with Gasteiger partial charge in [-0.3, -0.25) is 9.59 Å². The van der Waals surface area contributed by atoms with E-state index in [-0.39, 0.29) is 23.9 Å². The summed E-state index contributed by atoms with van der Waals surface area (Å²) in [4.78, 5) is 29.7. The van der Waals surface area contributed by atoms with Crippen LogP contribution in [0.1, 0.15) is 94.5 Å². The Hall–Kier alpha value is -1.82. The molecule has 0 spiro atoms. The van der Waals surface area contributed by atoms with Crippen LogP contribution in [0.4, 0.5) is 0 Å². The van der Waals surface area contributed by atoms with E-state index in [1.165, 1.54) is 38.5 Å². The Labute approximate surface area is 189 Å². The van der Waals surface area contributed by atoms with E-state index in [9.17, 15) is 9.59 Å². The lowest BCUT2D eigenvalue weighted by Gasteiger charge is -2.49. The Kier molecular flexibility index (Phi) is 5.84. The summed E-state index contributed by atoms with van der Waals surface area (Å²) >= 11 is 1.67. The highest BCUT2D eigenvalue weighted by Crippen LogP contribution is 2.38. The Balaban J connectivity index is 1.48. The van der Waals surface area contributed by atoms with Crippen LogP contribution in [0, 0.1) is 0 Å². The van der Waals surface area contributed by atoms with Gasteiger partial charge in [-0.05, 0) is 50.1 Å². The Morgan fingerprint density at radius 2 is 1.68 bits per heavy atom. The molecule has 1 unspecified atom stereocenters. The molecule has 0 saturated heterocycles. The SMILES string of the molecule is CC1(C(=O)NC2CCCCCCC2)Cn2c(cc3sccc32)C(=O)N1C1CCCCC1. The van der Waals surface area contributed by atoms with Crippen LogP contribution in [0.15, 0.2) is 17.5 Å². The van der Waals surface area contributed by atoms with Crippen LogP contribution in [0.3, 0.4) is 0 Å². The molecule has 5 nitrogen and oxygen atoms in total. The Bertz CT molecular complexity index is 949. The number of carbonyl (C=O) groups excluding carboxylic acids is 2. The molecule has 0 bridgehead atoms. The number of hydrogen-bond acceptors (Lipinski definition) is 3. The van der Waals surface area contributed by atoms with Gasteiger partial charge in [-0.25, -0.2) is 0 Å². The van der Waals surface area contributed by atoms with E-state index in [1.807, 2.05) is 17.9 Å². The maximum absolute atomic E-state index is 13.9. The average Bonchev–Trinajstić information content (AvgIpc) is 3.33. The first-order chi connectivity index (χ1) is 15.1. The first-order valence-electron chi connectivity index (χ1n) is 12.3. The molecule has 3 heterocycles. The third-order valence-corrected chi connectivity index (χ3v) is 8.68. The highest BCUT2D eigenvalue weighted by Gasteiger charge is 2.50. The molecular formula is C25H35N3O2S. The van der Waals surface area contributed by atoms with Crippen LogP contribution in [0.25, 0.3) is 10.2 Å². The number of nitrogens with one attached hydrogen (secondary N) is 1. The minimum absolute atomic E-state index is 0.0388. The zero-order chi connectivity index (χ0) is 21.4. The molecule has 2 fully saturated rings. The summed E-state index contributed by atoms with van der Waals surface area (Å²) in [6.07, 6.45) is 13.9. The van der Waals surface area contributed by atoms with Crippen LogP contribution in [0.2, 0.25) is 0 Å². The third kappa shape index (κ3) is 3.81. The molecule has 1 N–H and O–H groups in total. The van der Waals surface area contributed by atoms with Crippen LogP contribution in [-0.2, 0) is 11.3 Å². The lowest BCUT2D eigenvalue weighted by molar-refractivity contribution is -0.135. The molecule has 1 atom stereocenters. The molecule has 2 saturated carbocycles. The maximum Gasteiger partial charge on any atom is 0.271 e. The van der Waals surface area contributed by atoms with E-state index in [0.29, 0.717) is 6.54 Å². The van der Waals surface area contributed by atoms with Crippen molar-refractivity contribution in [3.05, 3.63) is 23.2 Å². The fourth-order valence-corrected chi connectivity index (χ4v) is 6.91. The van der Waals surface area contributed by atoms with Crippen molar-refractivity contribution in [1.29, 1.82) is 0 Å². The number of rotatable bonds is 3. The summed E-state index contributed by atoms with van der Waals surface area (Å²) in [7, 11) is 0. The highest BCUT2D eigenvalue weighted by atomic mass is 32.1. The maximum atomic E-state index is 13.9. The van der Waals surface area contributed by atoms with Gasteiger partial charge in [-0.1, -0.05) is 51.4 Å². The smallest absolute Gasteiger partial charge is 0.271 e. The van der Waals surface area contributed by atoms with E-state index < -0.39 is 5.54 Å². The number of nitrogens with zero attached hydrogens (tertiary/aromatic N) is 2. The topological polar surface area (TPSA) is 54.3 Å². The van der Waals surface area contributed by atoms with Crippen molar-refractivity contribution in [2.45, 2.75) is 108 Å². The van der Waals surface area contributed by atoms with Gasteiger partial charge in [0.25, 0.3) is 5.91 Å². The van der Waals surface area contributed by atoms with Gasteiger partial charge in [0.1, 0.15) is 11.2 Å². The normalized spacial score (nSPS) is 26.5. The molecule has 0 aromatic carbocycles. The summed E-state index contributed by atoms with van der Waals surface area (Å²) < 4.78 is 3.24. The number of fused-ring (bicyclic) bond motifs is 3. The third-order valence-electron chi connectivity index (χ3n) is 7.83. The second kappa shape index (κ2) is 8.61. The number of carbonyl (C=O) groups is 2. The Morgan fingerprint density at radius 3 is 2.42 bits per heavy atom. The van der Waals surface area contributed by atoms with Gasteiger partial charge in [0.05, 0.1) is 16.8 Å². The van der Waals surface area contributed by atoms with Crippen molar-refractivity contribution in [3.8, 4) is 0 Å². The Morgan fingerprint density at radius 1 is 1.03 bits per heavy atom. The summed E-state index contributed by atoms with van der Waals surface area (Å²) in [5.74, 6) is 0.0802. The highest BCUT2D eigenvalue weighted by molar-refractivity contribution is 7.17. The van der Waals surface area contributed by atoms with Crippen molar-refractivity contribution in [1.82, 2.24) is 14.8 Å². The van der Waals surface area contributed by atoms with E-state index >= 15 is 0 Å². The minimum atomic E-state index is -0.845. The van der Waals surface area contributed by atoms with Gasteiger partial charge in [-0.2, -0.15) is 0 Å². The molecule has 31 heavy (non-hydrogen) atoms. The van der Waals surface area contributed by atoms with Crippen LogP contribution < -0.4 is 5.32 Å². The standard InChI is InChI=1S/C25H35N3O2S/c1-25(24(30)26-18-10-6-3-2-4-7-11-18)17-27-20-14-15-31-22(20)16-21(27)23(29)28(25)19-12-8-5-9-13-19/h14-16,18-19H,2-13,17H2,1H3,(H,26,30). The van der Waals surface area contributed by atoms with E-state index in [1.54, 1.807) is 11.3 Å². The summed E-state index contributed by atoms with van der Waals surface area (Å²) in [5, 5.41) is 5.48. The van der Waals surface area contributed by atoms with Crippen LogP contribution >= 0.6 is 11.3 Å². The minimum Gasteiger partial charge on any atom is -0.351 e. The molecule has 6 heteroatoms. The molecule has 2 aromatic heterocycles. The van der Waals surface area contributed by atoms with Gasteiger partial charge in [0, 0.05) is 12.1 Å². The van der Waals surface area contributed by atoms with Gasteiger partial charge < -0.3 is 14.8 Å². The lowest BCUT2D eigenvalue weighted by atomic mass is 9.86. The first-order valence-corrected chi connectivity index (χ1v) is 13.2. The van der Waals surface area contributed by atoms with E-state index in [0.717, 1.165) is 54.4 Å². The zero-order valence-corrected chi connectivity index (χ0v) is 19.5. The summed E-state index contributed by atoms with van der Waals surface area (Å²) in [6.45, 7) is 2.56. The number of hydrogen-bond donors (Lipinski definition) is 1. The van der Waals surface area contributed by atoms with Crippen molar-refractivity contribution in [2.24, 2.45) is 0 Å². The lowest BCUT2D eigenvalue weighted by Crippen LogP contribution is -2.67. The quantitative estimate of drug-likeness (QED) is 0.686. The molecule has 2 aliphatic carbocycles. The predicted molar refractivity (Wildman–Crippen MR) is 126 cm³/mol. The second-order valence-electron chi connectivity index (χ2n) is 10.0. The molecule has 168 valence electrons. The largest absolute Gasteiger partial charge is 0.351 e. The molecule has 0 radical (unpaired) electrons. The zero-order valence-electron chi connectivity index (χ0n) is 18.7. The fourth-order valence-electron chi connectivity index (χ4n) is 6.09. The molecular weight excluding hydrogens is 406 g/mol. The summed E-state index contributed by atoms with van der Waals surface area (Å²) in [6, 6.07) is 4.51. The average molecular weight is 442 g/mol. The van der Waals surface area contributed by atoms with Gasteiger partial charge >= 0.3 is 0 Å². The molecule has 2 amide bonds. The van der Waals surface area contributed by atoms with Crippen LogP contribution in [0.5, 0.6) is 0 Å². The first kappa shape index (κ1) is 21.0. The van der Waals surface area contributed by atoms with E-state index in [2.05, 4.69) is 21.3 Å². The summed E-state index contributed by atoms with van der Waals surface area (Å²) in [5.41, 5.74) is 0.993. The molecule has 5 rings (SSSR count). The van der Waals surface area contributed by atoms with Crippen molar-refractivity contribution >= 4 is 33.4 Å². The number of amides is 2. The molecule has 2 aromatic rings. The molecule has 3 aliphatic rings. The molecule has 1 aliphatic heterocycles. The van der Waals surface area contributed by atoms with Crippen molar-refractivity contribution in [2.75, 3.05) is 0 Å². The van der Waals surface area contributed by atoms with Gasteiger partial charge in [-0.15, -0.1) is 11.3 Å². The van der Waals surface area contributed by atoms with Gasteiger partial charge in [0.15, 0.2) is 0 Å². The second-order valence-corrected chi connectivity index (χ2v) is 11.0. The van der Waals surface area contributed by atoms with Crippen molar-refractivity contribution in [3.63, 3.8) is 0 Å². The van der Waals surface area contributed by atoms with Crippen molar-refractivity contribution < 1.29 is 9.59 Å². The van der Waals surface area contributed by atoms with Gasteiger partial charge in [0.2, 0.25) is 5.91 Å². The van der Waals surface area contributed by atoms with Crippen LogP contribution in [-0.4, -0.2) is 38.9 Å². The predicted octanol–water partition coefficient (Wildman–Crippen LogP) is 5.48. The number of thiophene rings is 1. The number of aromatic nitrogens is 1. The fraction of sp³-hybridized carbons (Fsp3) is 0.680.